The van der Waals surface area contributed by atoms with Gasteiger partial charge in [0, 0.05) is 24.8 Å². The second-order valence-electron chi connectivity index (χ2n) is 10.4. The number of Topliss-reactive ketones (excluding diaryl/α,β-unsaturated/α-hetero) is 1. The SMILES string of the molecule is CCOC(=O)CCCCCCC(NCCC(=O)C12CC3CC(CC(C3)C1)C2)C(=O)OCC. The van der Waals surface area contributed by atoms with Crippen molar-refractivity contribution in [3.8, 4) is 0 Å². The third-order valence-corrected chi connectivity index (χ3v) is 7.87. The van der Waals surface area contributed by atoms with E-state index in [2.05, 4.69) is 5.32 Å². The molecular formula is C26H43NO5. The van der Waals surface area contributed by atoms with Crippen LogP contribution < -0.4 is 5.32 Å². The van der Waals surface area contributed by atoms with Crippen molar-refractivity contribution < 1.29 is 23.9 Å². The number of unbranched alkanes of at least 4 members (excludes halogenated alkanes) is 3. The number of carbonyl (C=O) groups is 3. The Kier molecular flexibility index (Phi) is 9.57. The topological polar surface area (TPSA) is 81.7 Å². The summed E-state index contributed by atoms with van der Waals surface area (Å²) in [5.41, 5.74) is -0.0607. The number of rotatable bonds is 15. The van der Waals surface area contributed by atoms with Gasteiger partial charge in [-0.3, -0.25) is 14.4 Å². The first-order chi connectivity index (χ1) is 15.5. The fourth-order valence-corrected chi connectivity index (χ4v) is 6.83. The molecule has 182 valence electrons. The zero-order valence-electron chi connectivity index (χ0n) is 20.2. The van der Waals surface area contributed by atoms with Crippen LogP contribution in [0.25, 0.3) is 0 Å². The number of ketones is 1. The fourth-order valence-electron chi connectivity index (χ4n) is 6.83. The summed E-state index contributed by atoms with van der Waals surface area (Å²) >= 11 is 0. The maximum Gasteiger partial charge on any atom is 0.323 e. The number of hydrogen-bond acceptors (Lipinski definition) is 6. The zero-order valence-corrected chi connectivity index (χ0v) is 20.2. The Morgan fingerprint density at radius 2 is 1.44 bits per heavy atom. The highest BCUT2D eigenvalue weighted by atomic mass is 16.5. The maximum absolute atomic E-state index is 13.2. The van der Waals surface area contributed by atoms with E-state index in [1.54, 1.807) is 0 Å². The van der Waals surface area contributed by atoms with Gasteiger partial charge >= 0.3 is 11.9 Å². The molecule has 0 aromatic carbocycles. The van der Waals surface area contributed by atoms with E-state index in [-0.39, 0.29) is 23.4 Å². The summed E-state index contributed by atoms with van der Waals surface area (Å²) in [4.78, 5) is 37.0. The Bertz CT molecular complexity index is 611. The lowest BCUT2D eigenvalue weighted by Crippen LogP contribution is -2.50. The minimum atomic E-state index is -0.357. The van der Waals surface area contributed by atoms with Crippen molar-refractivity contribution in [3.05, 3.63) is 0 Å². The molecule has 32 heavy (non-hydrogen) atoms. The van der Waals surface area contributed by atoms with Gasteiger partial charge in [0.1, 0.15) is 11.8 Å². The molecule has 4 aliphatic carbocycles. The third kappa shape index (κ3) is 6.79. The van der Waals surface area contributed by atoms with E-state index in [0.717, 1.165) is 62.7 Å². The predicted molar refractivity (Wildman–Crippen MR) is 123 cm³/mol. The molecule has 4 rings (SSSR count). The molecule has 4 aliphatic rings. The van der Waals surface area contributed by atoms with E-state index in [1.165, 1.54) is 19.3 Å². The van der Waals surface area contributed by atoms with E-state index in [9.17, 15) is 14.4 Å². The number of carbonyl (C=O) groups excluding carboxylic acids is 3. The molecule has 1 unspecified atom stereocenters. The van der Waals surface area contributed by atoms with Gasteiger partial charge in [-0.05, 0) is 83.0 Å². The van der Waals surface area contributed by atoms with E-state index in [1.807, 2.05) is 13.8 Å². The maximum atomic E-state index is 13.2. The average Bonchev–Trinajstić information content (AvgIpc) is 2.74. The van der Waals surface area contributed by atoms with Crippen LogP contribution in [0.4, 0.5) is 0 Å². The van der Waals surface area contributed by atoms with Crippen LogP contribution in [0.3, 0.4) is 0 Å². The molecule has 0 spiro atoms. The van der Waals surface area contributed by atoms with Crippen molar-refractivity contribution in [2.75, 3.05) is 19.8 Å². The van der Waals surface area contributed by atoms with Crippen LogP contribution in [-0.2, 0) is 23.9 Å². The first-order valence-electron chi connectivity index (χ1n) is 13.0. The highest BCUT2D eigenvalue weighted by Gasteiger charge is 2.53. The average molecular weight is 450 g/mol. The van der Waals surface area contributed by atoms with E-state index in [0.29, 0.717) is 44.8 Å². The second kappa shape index (κ2) is 12.2. The summed E-state index contributed by atoms with van der Waals surface area (Å²) in [6.07, 6.45) is 12.6. The number of hydrogen-bond donors (Lipinski definition) is 1. The van der Waals surface area contributed by atoms with Crippen LogP contribution in [0.1, 0.15) is 97.3 Å². The summed E-state index contributed by atoms with van der Waals surface area (Å²) in [6, 6.07) is -0.357. The Hall–Kier alpha value is -1.43. The smallest absolute Gasteiger partial charge is 0.323 e. The molecule has 4 bridgehead atoms. The molecule has 4 saturated carbocycles. The standard InChI is InChI=1S/C26H43NO5/c1-3-31-24(29)10-8-6-5-7-9-22(25(30)32-4-2)27-12-11-23(28)26-16-19-13-20(17-26)15-21(14-19)18-26/h19-22,27H,3-18H2,1-2H3. The lowest BCUT2D eigenvalue weighted by atomic mass is 9.48. The van der Waals surface area contributed by atoms with Gasteiger partial charge in [-0.2, -0.15) is 0 Å². The highest BCUT2D eigenvalue weighted by Crippen LogP contribution is 2.60. The molecular weight excluding hydrogens is 406 g/mol. The van der Waals surface area contributed by atoms with Crippen molar-refractivity contribution in [2.45, 2.75) is 103 Å². The molecule has 0 aromatic rings. The van der Waals surface area contributed by atoms with Crippen LogP contribution in [0.2, 0.25) is 0 Å². The first kappa shape index (κ1) is 25.2. The Balaban J connectivity index is 1.38. The highest BCUT2D eigenvalue weighted by molar-refractivity contribution is 5.85. The Morgan fingerprint density at radius 1 is 0.844 bits per heavy atom. The van der Waals surface area contributed by atoms with Crippen molar-refractivity contribution >= 4 is 17.7 Å². The van der Waals surface area contributed by atoms with E-state index in [4.69, 9.17) is 9.47 Å². The lowest BCUT2D eigenvalue weighted by molar-refractivity contribution is -0.147. The molecule has 1 atom stereocenters. The molecule has 4 fully saturated rings. The second-order valence-corrected chi connectivity index (χ2v) is 10.4. The monoisotopic (exact) mass is 449 g/mol. The van der Waals surface area contributed by atoms with E-state index < -0.39 is 0 Å². The summed E-state index contributed by atoms with van der Waals surface area (Å²) in [7, 11) is 0. The number of ether oxygens (including phenoxy) is 2. The Morgan fingerprint density at radius 3 is 2.03 bits per heavy atom. The van der Waals surface area contributed by atoms with Crippen LogP contribution in [-0.4, -0.2) is 43.5 Å². The molecule has 6 heteroatoms. The summed E-state index contributed by atoms with van der Waals surface area (Å²) in [5.74, 6) is 2.38. The van der Waals surface area contributed by atoms with Crippen molar-refractivity contribution in [2.24, 2.45) is 23.2 Å². The molecule has 0 heterocycles. The molecule has 0 saturated heterocycles. The molecule has 6 nitrogen and oxygen atoms in total. The summed E-state index contributed by atoms with van der Waals surface area (Å²) in [5, 5.41) is 3.32. The first-order valence-corrected chi connectivity index (χ1v) is 13.0. The molecule has 0 radical (unpaired) electrons. The van der Waals surface area contributed by atoms with Gasteiger partial charge in [0.25, 0.3) is 0 Å². The van der Waals surface area contributed by atoms with Crippen molar-refractivity contribution in [1.82, 2.24) is 5.32 Å². The minimum Gasteiger partial charge on any atom is -0.466 e. The zero-order chi connectivity index (χ0) is 23.0. The van der Waals surface area contributed by atoms with E-state index >= 15 is 0 Å². The van der Waals surface area contributed by atoms with Crippen LogP contribution in [0.5, 0.6) is 0 Å². The van der Waals surface area contributed by atoms with Crippen LogP contribution in [0.15, 0.2) is 0 Å². The van der Waals surface area contributed by atoms with Crippen LogP contribution >= 0.6 is 0 Å². The van der Waals surface area contributed by atoms with Crippen LogP contribution in [0, 0.1) is 23.2 Å². The Labute approximate surface area is 193 Å². The fraction of sp³-hybridized carbons (Fsp3) is 0.885. The minimum absolute atomic E-state index is 0.0607. The van der Waals surface area contributed by atoms with Gasteiger partial charge in [0.2, 0.25) is 0 Å². The predicted octanol–water partition coefficient (Wildman–Crippen LogP) is 4.59. The molecule has 1 N–H and O–H groups in total. The summed E-state index contributed by atoms with van der Waals surface area (Å²) < 4.78 is 10.2. The van der Waals surface area contributed by atoms with Gasteiger partial charge in [-0.25, -0.2) is 0 Å². The lowest BCUT2D eigenvalue weighted by Gasteiger charge is -2.56. The molecule has 0 aliphatic heterocycles. The summed E-state index contributed by atoms with van der Waals surface area (Å²) in [6.45, 7) is 4.98. The van der Waals surface area contributed by atoms with Crippen molar-refractivity contribution in [1.29, 1.82) is 0 Å². The largest absolute Gasteiger partial charge is 0.466 e. The van der Waals surface area contributed by atoms with Gasteiger partial charge < -0.3 is 14.8 Å². The quantitative estimate of drug-likeness (QED) is 0.291. The number of esters is 2. The van der Waals surface area contributed by atoms with Gasteiger partial charge in [-0.1, -0.05) is 19.3 Å². The molecule has 0 amide bonds. The van der Waals surface area contributed by atoms with Gasteiger partial charge in [0.05, 0.1) is 13.2 Å². The molecule has 0 aromatic heterocycles. The normalized spacial score (nSPS) is 29.0. The van der Waals surface area contributed by atoms with Crippen molar-refractivity contribution in [3.63, 3.8) is 0 Å². The van der Waals surface area contributed by atoms with Gasteiger partial charge in [0.15, 0.2) is 0 Å². The number of nitrogens with one attached hydrogen (secondary N) is 1. The third-order valence-electron chi connectivity index (χ3n) is 7.87. The van der Waals surface area contributed by atoms with Gasteiger partial charge in [-0.15, -0.1) is 0 Å².